The number of anilines is 2. The van der Waals surface area contributed by atoms with Gasteiger partial charge in [0.15, 0.2) is 6.61 Å². The number of nitrogens with one attached hydrogen (secondary N) is 1. The Bertz CT molecular complexity index is 718. The van der Waals surface area contributed by atoms with Crippen molar-refractivity contribution in [2.45, 2.75) is 20.8 Å². The number of rotatable bonds is 1. The number of carbonyl (C=O) groups excluding carboxylic acids is 1. The summed E-state index contributed by atoms with van der Waals surface area (Å²) in [6.45, 7) is 5.99. The minimum Gasteiger partial charge on any atom is -0.482 e. The lowest BCUT2D eigenvalue weighted by atomic mass is 10.2. The molecule has 20 heavy (non-hydrogen) atoms. The molecule has 3 N–H and O–H groups in total. The lowest BCUT2D eigenvalue weighted by Crippen LogP contribution is -2.25. The molecule has 2 heterocycles. The predicted octanol–water partition coefficient (Wildman–Crippen LogP) is 1.71. The van der Waals surface area contributed by atoms with E-state index < -0.39 is 0 Å². The number of aromatic nitrogens is 2. The first-order chi connectivity index (χ1) is 9.47. The molecule has 0 radical (unpaired) electrons. The Hall–Kier alpha value is -2.50. The van der Waals surface area contributed by atoms with Crippen LogP contribution in [0.2, 0.25) is 0 Å². The third-order valence-corrected chi connectivity index (χ3v) is 3.64. The van der Waals surface area contributed by atoms with Crippen molar-refractivity contribution in [3.8, 4) is 11.4 Å². The minimum absolute atomic E-state index is 0.0187. The van der Waals surface area contributed by atoms with Crippen LogP contribution >= 0.6 is 0 Å². The van der Waals surface area contributed by atoms with Gasteiger partial charge in [-0.3, -0.25) is 4.79 Å². The number of nitrogens with zero attached hydrogens (tertiary/aromatic N) is 2. The zero-order chi connectivity index (χ0) is 14.4. The molecule has 0 spiro atoms. The molecule has 1 aliphatic rings. The maximum Gasteiger partial charge on any atom is 0.262 e. The van der Waals surface area contributed by atoms with Crippen molar-refractivity contribution in [3.63, 3.8) is 0 Å². The van der Waals surface area contributed by atoms with E-state index in [0.717, 1.165) is 22.6 Å². The van der Waals surface area contributed by atoms with E-state index in [0.29, 0.717) is 17.1 Å². The molecule has 104 valence electrons. The van der Waals surface area contributed by atoms with Crippen molar-refractivity contribution < 1.29 is 9.53 Å². The molecule has 0 unspecified atom stereocenters. The van der Waals surface area contributed by atoms with Crippen LogP contribution in [-0.4, -0.2) is 22.3 Å². The zero-order valence-electron chi connectivity index (χ0n) is 11.7. The highest BCUT2D eigenvalue weighted by molar-refractivity contribution is 5.96. The molecule has 1 amide bonds. The van der Waals surface area contributed by atoms with Crippen LogP contribution in [0.5, 0.6) is 5.75 Å². The molecule has 6 heteroatoms. The first-order valence-corrected chi connectivity index (χ1v) is 6.36. The summed E-state index contributed by atoms with van der Waals surface area (Å²) in [5.74, 6) is 0.418. The van der Waals surface area contributed by atoms with Crippen LogP contribution in [0.4, 0.5) is 11.4 Å². The fourth-order valence-electron chi connectivity index (χ4n) is 2.27. The van der Waals surface area contributed by atoms with Gasteiger partial charge in [-0.05, 0) is 32.4 Å². The molecule has 0 fully saturated rings. The van der Waals surface area contributed by atoms with Crippen molar-refractivity contribution in [2.75, 3.05) is 17.7 Å². The molecule has 1 aromatic carbocycles. The summed E-state index contributed by atoms with van der Waals surface area (Å²) in [5, 5.41) is 7.27. The summed E-state index contributed by atoms with van der Waals surface area (Å²) < 4.78 is 7.14. The molecule has 0 atom stereocenters. The lowest BCUT2D eigenvalue weighted by molar-refractivity contribution is -0.118. The number of amides is 1. The average molecular weight is 272 g/mol. The Morgan fingerprint density at radius 3 is 2.75 bits per heavy atom. The van der Waals surface area contributed by atoms with Gasteiger partial charge < -0.3 is 15.8 Å². The minimum atomic E-state index is -0.169. The SMILES string of the molecule is Cc1nn(-c2cc3c(cc2N)OCC(=O)N3)c(C)c1C. The number of hydrogen-bond donors (Lipinski definition) is 2. The molecule has 1 aromatic heterocycles. The molecular weight excluding hydrogens is 256 g/mol. The quantitative estimate of drug-likeness (QED) is 0.774. The fourth-order valence-corrected chi connectivity index (χ4v) is 2.27. The Kier molecular flexibility index (Phi) is 2.67. The molecule has 6 nitrogen and oxygen atoms in total. The van der Waals surface area contributed by atoms with Crippen LogP contribution in [0.3, 0.4) is 0 Å². The monoisotopic (exact) mass is 272 g/mol. The van der Waals surface area contributed by atoms with Gasteiger partial charge in [-0.2, -0.15) is 5.10 Å². The van der Waals surface area contributed by atoms with Crippen molar-refractivity contribution in [1.29, 1.82) is 0 Å². The number of ether oxygens (including phenoxy) is 1. The fraction of sp³-hybridized carbons (Fsp3) is 0.286. The van der Waals surface area contributed by atoms with E-state index in [1.165, 1.54) is 0 Å². The average Bonchev–Trinajstić information content (AvgIpc) is 2.66. The zero-order valence-corrected chi connectivity index (χ0v) is 11.7. The third kappa shape index (κ3) is 1.80. The Balaban J connectivity index is 2.17. The largest absolute Gasteiger partial charge is 0.482 e. The number of nitrogens with two attached hydrogens (primary N) is 1. The van der Waals surface area contributed by atoms with Crippen molar-refractivity contribution >= 4 is 17.3 Å². The Morgan fingerprint density at radius 1 is 1.35 bits per heavy atom. The number of nitrogen functional groups attached to an aromatic ring is 1. The molecule has 3 rings (SSSR count). The van der Waals surface area contributed by atoms with Gasteiger partial charge in [-0.1, -0.05) is 0 Å². The van der Waals surface area contributed by atoms with Crippen LogP contribution in [0.15, 0.2) is 12.1 Å². The highest BCUT2D eigenvalue weighted by Gasteiger charge is 2.20. The number of hydrogen-bond acceptors (Lipinski definition) is 4. The van der Waals surface area contributed by atoms with E-state index in [2.05, 4.69) is 10.4 Å². The third-order valence-electron chi connectivity index (χ3n) is 3.64. The van der Waals surface area contributed by atoms with E-state index in [1.807, 2.05) is 20.8 Å². The summed E-state index contributed by atoms with van der Waals surface area (Å²) in [6, 6.07) is 3.51. The van der Waals surface area contributed by atoms with Crippen LogP contribution in [0.25, 0.3) is 5.69 Å². The molecule has 0 saturated heterocycles. The van der Waals surface area contributed by atoms with Gasteiger partial charge in [0.2, 0.25) is 0 Å². The first kappa shape index (κ1) is 12.5. The van der Waals surface area contributed by atoms with Crippen LogP contribution in [0.1, 0.15) is 17.0 Å². The summed E-state index contributed by atoms with van der Waals surface area (Å²) in [6.07, 6.45) is 0. The summed E-state index contributed by atoms with van der Waals surface area (Å²) >= 11 is 0. The molecule has 0 aliphatic carbocycles. The summed E-state index contributed by atoms with van der Waals surface area (Å²) in [5.41, 5.74) is 11.1. The number of fused-ring (bicyclic) bond motifs is 1. The van der Waals surface area contributed by atoms with Crippen LogP contribution in [0, 0.1) is 20.8 Å². The normalized spacial score (nSPS) is 13.7. The van der Waals surface area contributed by atoms with E-state index in [1.54, 1.807) is 16.8 Å². The molecule has 2 aromatic rings. The summed E-state index contributed by atoms with van der Waals surface area (Å²) in [7, 11) is 0. The van der Waals surface area contributed by atoms with Gasteiger partial charge in [0.1, 0.15) is 5.75 Å². The first-order valence-electron chi connectivity index (χ1n) is 6.36. The number of benzene rings is 1. The van der Waals surface area contributed by atoms with E-state index in [4.69, 9.17) is 10.5 Å². The van der Waals surface area contributed by atoms with Gasteiger partial charge >= 0.3 is 0 Å². The second kappa shape index (κ2) is 4.26. The predicted molar refractivity (Wildman–Crippen MR) is 76.3 cm³/mol. The van der Waals surface area contributed by atoms with Crippen LogP contribution < -0.4 is 15.8 Å². The summed E-state index contributed by atoms with van der Waals surface area (Å²) in [4.78, 5) is 11.4. The van der Waals surface area contributed by atoms with Gasteiger partial charge in [0.25, 0.3) is 5.91 Å². The van der Waals surface area contributed by atoms with E-state index >= 15 is 0 Å². The molecule has 0 saturated carbocycles. The van der Waals surface area contributed by atoms with Crippen molar-refractivity contribution in [2.24, 2.45) is 0 Å². The Morgan fingerprint density at radius 2 is 2.10 bits per heavy atom. The van der Waals surface area contributed by atoms with Gasteiger partial charge in [0.05, 0.1) is 22.8 Å². The van der Waals surface area contributed by atoms with Gasteiger partial charge in [-0.15, -0.1) is 0 Å². The molecule has 1 aliphatic heterocycles. The smallest absolute Gasteiger partial charge is 0.262 e. The van der Waals surface area contributed by atoms with Crippen LogP contribution in [-0.2, 0) is 4.79 Å². The topological polar surface area (TPSA) is 82.2 Å². The maximum absolute atomic E-state index is 11.4. The van der Waals surface area contributed by atoms with Gasteiger partial charge in [0, 0.05) is 11.8 Å². The van der Waals surface area contributed by atoms with E-state index in [-0.39, 0.29) is 12.5 Å². The highest BCUT2D eigenvalue weighted by atomic mass is 16.5. The number of carbonyl (C=O) groups is 1. The second-order valence-corrected chi connectivity index (χ2v) is 4.95. The van der Waals surface area contributed by atoms with Crippen molar-refractivity contribution in [3.05, 3.63) is 29.1 Å². The standard InChI is InChI=1S/C14H16N4O2/c1-7-8(2)17-18(9(7)3)12-5-11-13(4-10(12)15)20-6-14(19)16-11/h4-5H,6,15H2,1-3H3,(H,16,19). The maximum atomic E-state index is 11.4. The second-order valence-electron chi connectivity index (χ2n) is 4.95. The highest BCUT2D eigenvalue weighted by Crippen LogP contribution is 2.34. The molecule has 0 bridgehead atoms. The number of aryl methyl sites for hydroxylation is 1. The lowest BCUT2D eigenvalue weighted by Gasteiger charge is -2.20. The van der Waals surface area contributed by atoms with E-state index in [9.17, 15) is 4.79 Å². The molecular formula is C14H16N4O2. The van der Waals surface area contributed by atoms with Gasteiger partial charge in [-0.25, -0.2) is 4.68 Å². The Labute approximate surface area is 116 Å². The van der Waals surface area contributed by atoms with Crippen molar-refractivity contribution in [1.82, 2.24) is 9.78 Å².